The fourth-order valence-electron chi connectivity index (χ4n) is 2.65. The monoisotopic (exact) mass is 341 g/mol. The quantitative estimate of drug-likeness (QED) is 0.729. The lowest BCUT2D eigenvalue weighted by Crippen LogP contribution is -2.48. The first-order chi connectivity index (χ1) is 11.7. The average Bonchev–Trinajstić information content (AvgIpc) is 3.24. The van der Waals surface area contributed by atoms with Crippen LogP contribution >= 0.6 is 11.3 Å². The van der Waals surface area contributed by atoms with Crippen LogP contribution in [-0.2, 0) is 0 Å². The van der Waals surface area contributed by atoms with Crippen molar-refractivity contribution in [1.29, 1.82) is 0 Å². The maximum atomic E-state index is 12.5. The second-order valence-corrected chi connectivity index (χ2v) is 6.39. The summed E-state index contributed by atoms with van der Waals surface area (Å²) in [7, 11) is 1.59. The number of methoxy groups -OCH3 is 1. The average molecular weight is 341 g/mol. The Morgan fingerprint density at radius 1 is 1.38 bits per heavy atom. The minimum absolute atomic E-state index is 0.0114. The van der Waals surface area contributed by atoms with Gasteiger partial charge in [-0.1, -0.05) is 11.2 Å². The van der Waals surface area contributed by atoms with E-state index < -0.39 is 0 Å². The summed E-state index contributed by atoms with van der Waals surface area (Å²) in [5, 5.41) is 7.97. The first-order valence-electron chi connectivity index (χ1n) is 7.54. The zero-order valence-corrected chi connectivity index (χ0v) is 13.8. The van der Waals surface area contributed by atoms with Crippen molar-refractivity contribution in [2.75, 3.05) is 20.2 Å². The summed E-state index contributed by atoms with van der Waals surface area (Å²) in [5.74, 6) is 1.95. The number of hydrogen-bond donors (Lipinski definition) is 0. The molecule has 1 aliphatic rings. The lowest BCUT2D eigenvalue weighted by molar-refractivity contribution is 0.0569. The van der Waals surface area contributed by atoms with Gasteiger partial charge < -0.3 is 14.2 Å². The van der Waals surface area contributed by atoms with E-state index in [1.807, 2.05) is 29.0 Å². The molecule has 1 saturated heterocycles. The van der Waals surface area contributed by atoms with Crippen molar-refractivity contribution in [3.05, 3.63) is 52.5 Å². The Morgan fingerprint density at radius 3 is 3.00 bits per heavy atom. The van der Waals surface area contributed by atoms with Crippen LogP contribution in [0.4, 0.5) is 0 Å². The smallest absolute Gasteiger partial charge is 0.254 e. The third-order valence-corrected chi connectivity index (χ3v) is 4.74. The fourth-order valence-corrected chi connectivity index (χ4v) is 3.28. The topological polar surface area (TPSA) is 68.5 Å². The third kappa shape index (κ3) is 2.67. The molecule has 0 spiro atoms. The number of hydrogen-bond acceptors (Lipinski definition) is 6. The Hall–Kier alpha value is -2.67. The van der Waals surface area contributed by atoms with Gasteiger partial charge in [0.25, 0.3) is 5.91 Å². The number of ether oxygens (including phenoxy) is 1. The zero-order chi connectivity index (χ0) is 16.5. The van der Waals surface area contributed by atoms with Crippen LogP contribution in [0.25, 0.3) is 11.4 Å². The molecular weight excluding hydrogens is 326 g/mol. The first-order valence-corrected chi connectivity index (χ1v) is 8.48. The Balaban J connectivity index is 1.42. The Morgan fingerprint density at radius 2 is 2.25 bits per heavy atom. The SMILES string of the molecule is COc1cccc(C(=O)N2CC(c3nc(-c4ccsc4)no3)C2)c1. The van der Waals surface area contributed by atoms with Crippen molar-refractivity contribution < 1.29 is 14.1 Å². The van der Waals surface area contributed by atoms with Gasteiger partial charge in [0.1, 0.15) is 5.75 Å². The van der Waals surface area contributed by atoms with Crippen molar-refractivity contribution in [1.82, 2.24) is 15.0 Å². The van der Waals surface area contributed by atoms with Crippen LogP contribution in [-0.4, -0.2) is 41.1 Å². The van der Waals surface area contributed by atoms with Gasteiger partial charge in [-0.2, -0.15) is 16.3 Å². The molecule has 4 rings (SSSR count). The number of nitrogens with zero attached hydrogens (tertiary/aromatic N) is 3. The van der Waals surface area contributed by atoms with Gasteiger partial charge >= 0.3 is 0 Å². The van der Waals surface area contributed by atoms with Crippen LogP contribution in [0.2, 0.25) is 0 Å². The molecule has 0 atom stereocenters. The van der Waals surface area contributed by atoms with Gasteiger partial charge in [0.05, 0.1) is 13.0 Å². The highest BCUT2D eigenvalue weighted by Gasteiger charge is 2.36. The number of likely N-dealkylation sites (tertiary alicyclic amines) is 1. The molecule has 3 aromatic rings. The number of carbonyl (C=O) groups is 1. The summed E-state index contributed by atoms with van der Waals surface area (Å²) in [6.07, 6.45) is 0. The van der Waals surface area contributed by atoms with Gasteiger partial charge in [0.15, 0.2) is 0 Å². The highest BCUT2D eigenvalue weighted by atomic mass is 32.1. The second-order valence-electron chi connectivity index (χ2n) is 5.61. The molecule has 0 aliphatic carbocycles. The maximum absolute atomic E-state index is 12.5. The number of amides is 1. The van der Waals surface area contributed by atoms with Crippen molar-refractivity contribution >= 4 is 17.2 Å². The predicted molar refractivity (Wildman–Crippen MR) is 89.2 cm³/mol. The van der Waals surface area contributed by atoms with E-state index in [4.69, 9.17) is 9.26 Å². The van der Waals surface area contributed by atoms with Crippen LogP contribution in [0, 0.1) is 0 Å². The lowest BCUT2D eigenvalue weighted by atomic mass is 9.98. The van der Waals surface area contributed by atoms with E-state index in [0.29, 0.717) is 36.1 Å². The van der Waals surface area contributed by atoms with Crippen molar-refractivity contribution in [2.24, 2.45) is 0 Å². The molecule has 0 unspecified atom stereocenters. The number of aromatic nitrogens is 2. The summed E-state index contributed by atoms with van der Waals surface area (Å²) in [6.45, 7) is 1.17. The fraction of sp³-hybridized carbons (Fsp3) is 0.235. The highest BCUT2D eigenvalue weighted by Crippen LogP contribution is 2.29. The van der Waals surface area contributed by atoms with Crippen LogP contribution < -0.4 is 4.74 Å². The standard InChI is InChI=1S/C17H15N3O3S/c1-22-14-4-2-3-11(7-14)17(21)20-8-13(9-20)16-18-15(19-23-16)12-5-6-24-10-12/h2-7,10,13H,8-9H2,1H3. The molecule has 24 heavy (non-hydrogen) atoms. The van der Waals surface area contributed by atoms with E-state index in [0.717, 1.165) is 5.56 Å². The van der Waals surface area contributed by atoms with Crippen molar-refractivity contribution in [2.45, 2.75) is 5.92 Å². The summed E-state index contributed by atoms with van der Waals surface area (Å²) in [6, 6.07) is 9.13. The summed E-state index contributed by atoms with van der Waals surface area (Å²) < 4.78 is 10.5. The molecular formula is C17H15N3O3S. The largest absolute Gasteiger partial charge is 0.497 e. The molecule has 122 valence electrons. The number of thiophene rings is 1. The number of carbonyl (C=O) groups excluding carboxylic acids is 1. The van der Waals surface area contributed by atoms with Crippen LogP contribution in [0.15, 0.2) is 45.6 Å². The van der Waals surface area contributed by atoms with Gasteiger partial charge in [0, 0.05) is 29.6 Å². The third-order valence-electron chi connectivity index (χ3n) is 4.06. The predicted octanol–water partition coefficient (Wildman–Crippen LogP) is 3.05. The normalized spacial score (nSPS) is 14.5. The molecule has 2 aromatic heterocycles. The summed E-state index contributed by atoms with van der Waals surface area (Å²) >= 11 is 1.59. The van der Waals surface area contributed by atoms with E-state index >= 15 is 0 Å². The van der Waals surface area contributed by atoms with E-state index in [9.17, 15) is 4.79 Å². The van der Waals surface area contributed by atoms with E-state index in [2.05, 4.69) is 10.1 Å². The minimum atomic E-state index is -0.0114. The number of rotatable bonds is 4. The maximum Gasteiger partial charge on any atom is 0.254 e. The molecule has 1 aromatic carbocycles. The molecule has 1 amide bonds. The van der Waals surface area contributed by atoms with Crippen molar-refractivity contribution in [3.63, 3.8) is 0 Å². The molecule has 1 fully saturated rings. The zero-order valence-electron chi connectivity index (χ0n) is 13.0. The van der Waals surface area contributed by atoms with E-state index in [1.54, 1.807) is 35.5 Å². The summed E-state index contributed by atoms with van der Waals surface area (Å²) in [4.78, 5) is 18.7. The molecule has 0 N–H and O–H groups in total. The van der Waals surface area contributed by atoms with Gasteiger partial charge in [-0.15, -0.1) is 0 Å². The lowest BCUT2D eigenvalue weighted by Gasteiger charge is -2.37. The molecule has 3 heterocycles. The van der Waals surface area contributed by atoms with Gasteiger partial charge in [-0.25, -0.2) is 0 Å². The van der Waals surface area contributed by atoms with Gasteiger partial charge in [0.2, 0.25) is 11.7 Å². The Labute approximate surface area is 142 Å². The van der Waals surface area contributed by atoms with E-state index in [-0.39, 0.29) is 11.8 Å². The van der Waals surface area contributed by atoms with Crippen LogP contribution in [0.3, 0.4) is 0 Å². The minimum Gasteiger partial charge on any atom is -0.497 e. The molecule has 0 bridgehead atoms. The van der Waals surface area contributed by atoms with Crippen LogP contribution in [0.5, 0.6) is 5.75 Å². The number of benzene rings is 1. The molecule has 1 aliphatic heterocycles. The Kier molecular flexibility index (Phi) is 3.78. The molecule has 6 nitrogen and oxygen atoms in total. The van der Waals surface area contributed by atoms with Crippen LogP contribution in [0.1, 0.15) is 22.2 Å². The molecule has 0 radical (unpaired) electrons. The summed E-state index contributed by atoms with van der Waals surface area (Å²) in [5.41, 5.74) is 1.58. The van der Waals surface area contributed by atoms with Gasteiger partial charge in [-0.05, 0) is 29.6 Å². The first kappa shape index (κ1) is 14.9. The molecule has 0 saturated carbocycles. The van der Waals surface area contributed by atoms with Gasteiger partial charge in [-0.3, -0.25) is 4.79 Å². The Bertz CT molecular complexity index is 854. The second kappa shape index (κ2) is 6.09. The van der Waals surface area contributed by atoms with Crippen molar-refractivity contribution in [3.8, 4) is 17.1 Å². The highest BCUT2D eigenvalue weighted by molar-refractivity contribution is 7.08. The van der Waals surface area contributed by atoms with E-state index in [1.165, 1.54) is 0 Å². The molecule has 7 heteroatoms.